The molecule has 144 valence electrons. The van der Waals surface area contributed by atoms with E-state index in [1.54, 1.807) is 0 Å². The zero-order chi connectivity index (χ0) is 19.3. The molecule has 0 bridgehead atoms. The van der Waals surface area contributed by atoms with E-state index >= 15 is 0 Å². The van der Waals surface area contributed by atoms with Crippen molar-refractivity contribution in [1.29, 1.82) is 0 Å². The zero-order valence-corrected chi connectivity index (χ0v) is 15.2. The summed E-state index contributed by atoms with van der Waals surface area (Å²) in [5.41, 5.74) is -2.63. The minimum absolute atomic E-state index is 0.425. The van der Waals surface area contributed by atoms with Crippen molar-refractivity contribution in [3.05, 3.63) is 59.7 Å². The normalized spacial score (nSPS) is 22.9. The van der Waals surface area contributed by atoms with E-state index in [2.05, 4.69) is 12.1 Å². The number of sulfone groups is 1. The number of benzene rings is 2. The quantitative estimate of drug-likeness (QED) is 0.776. The predicted molar refractivity (Wildman–Crippen MR) is 94.3 cm³/mol. The number of alkyl halides is 3. The lowest BCUT2D eigenvalue weighted by Crippen LogP contribution is -2.49. The third-order valence-corrected chi connectivity index (χ3v) is 6.81. The third-order valence-electron chi connectivity index (χ3n) is 5.31. The van der Waals surface area contributed by atoms with Crippen molar-refractivity contribution < 1.29 is 26.3 Å². The molecule has 1 aliphatic heterocycles. The maximum Gasteiger partial charge on any atom is 0.501 e. The highest BCUT2D eigenvalue weighted by molar-refractivity contribution is 7.92. The van der Waals surface area contributed by atoms with Crippen molar-refractivity contribution in [3.63, 3.8) is 0 Å². The van der Waals surface area contributed by atoms with Gasteiger partial charge in [0.2, 0.25) is 0 Å². The van der Waals surface area contributed by atoms with Gasteiger partial charge >= 0.3 is 5.51 Å². The first kappa shape index (κ1) is 18.3. The second-order valence-corrected chi connectivity index (χ2v) is 8.81. The largest absolute Gasteiger partial charge is 0.501 e. The fraction of sp³-hybridized carbons (Fsp3) is 0.368. The van der Waals surface area contributed by atoms with Crippen molar-refractivity contribution in [2.75, 3.05) is 24.6 Å². The number of hydrogen-bond donors (Lipinski definition) is 0. The summed E-state index contributed by atoms with van der Waals surface area (Å²) in [6, 6.07) is 13.0. The first-order chi connectivity index (χ1) is 12.7. The van der Waals surface area contributed by atoms with E-state index < -0.39 is 25.8 Å². The highest BCUT2D eigenvalue weighted by Gasteiger charge is 2.47. The fourth-order valence-electron chi connectivity index (χ4n) is 3.94. The summed E-state index contributed by atoms with van der Waals surface area (Å²) in [6.45, 7) is 1.67. The number of hydrogen-bond acceptors (Lipinski definition) is 4. The van der Waals surface area contributed by atoms with Gasteiger partial charge in [0.15, 0.2) is 0 Å². The lowest BCUT2D eigenvalue weighted by atomic mass is 9.93. The van der Waals surface area contributed by atoms with Crippen LogP contribution in [0.4, 0.5) is 18.9 Å². The smallest absolute Gasteiger partial charge is 0.367 e. The summed E-state index contributed by atoms with van der Waals surface area (Å²) in [6.07, 6.45) is 1.77. The Labute approximate surface area is 155 Å². The molecule has 4 rings (SSSR count). The Hall–Kier alpha value is -2.06. The maximum absolute atomic E-state index is 12.7. The molecule has 1 saturated heterocycles. The number of fused-ring (bicyclic) bond motifs is 2. The van der Waals surface area contributed by atoms with Crippen molar-refractivity contribution in [3.8, 4) is 0 Å². The van der Waals surface area contributed by atoms with Crippen LogP contribution < -0.4 is 4.90 Å². The van der Waals surface area contributed by atoms with Crippen LogP contribution in [0.15, 0.2) is 53.4 Å². The second kappa shape index (κ2) is 6.24. The van der Waals surface area contributed by atoms with Crippen molar-refractivity contribution in [1.82, 2.24) is 0 Å². The van der Waals surface area contributed by atoms with Crippen LogP contribution >= 0.6 is 0 Å². The van der Waals surface area contributed by atoms with Crippen LogP contribution in [0.1, 0.15) is 17.5 Å². The SMILES string of the molecule is O=S(=O)(c1ccc(N2CCOC3(CCc4ccccc43)C2)cc1)C(F)(F)F. The molecule has 0 saturated carbocycles. The Morgan fingerprint density at radius 1 is 1.04 bits per heavy atom. The van der Waals surface area contributed by atoms with Crippen LogP contribution in [0.3, 0.4) is 0 Å². The molecular weight excluding hydrogens is 379 g/mol. The molecule has 8 heteroatoms. The molecule has 0 aromatic heterocycles. The summed E-state index contributed by atoms with van der Waals surface area (Å²) < 4.78 is 67.3. The second-order valence-electron chi connectivity index (χ2n) is 6.86. The fourth-order valence-corrected chi connectivity index (χ4v) is 4.70. The summed E-state index contributed by atoms with van der Waals surface area (Å²) in [5, 5.41) is 0. The molecule has 2 aliphatic rings. The van der Waals surface area contributed by atoms with Gasteiger partial charge in [0, 0.05) is 12.2 Å². The van der Waals surface area contributed by atoms with E-state index in [0.29, 0.717) is 25.4 Å². The predicted octanol–water partition coefficient (Wildman–Crippen LogP) is 3.66. The first-order valence-corrected chi connectivity index (χ1v) is 10.1. The average Bonchev–Trinajstić information content (AvgIpc) is 2.99. The van der Waals surface area contributed by atoms with Crippen LogP contribution in [-0.2, 0) is 26.6 Å². The van der Waals surface area contributed by atoms with Gasteiger partial charge in [-0.15, -0.1) is 0 Å². The Bertz CT molecular complexity index is 953. The number of halogens is 3. The Balaban J connectivity index is 1.60. The minimum atomic E-state index is -5.33. The molecule has 1 unspecified atom stereocenters. The van der Waals surface area contributed by atoms with E-state index in [1.165, 1.54) is 17.7 Å². The molecule has 4 nitrogen and oxygen atoms in total. The molecule has 0 amide bonds. The molecule has 1 spiro atoms. The lowest BCUT2D eigenvalue weighted by molar-refractivity contribution is -0.0592. The molecule has 2 aromatic carbocycles. The molecule has 27 heavy (non-hydrogen) atoms. The molecule has 0 N–H and O–H groups in total. The van der Waals surface area contributed by atoms with Crippen LogP contribution in [-0.4, -0.2) is 33.6 Å². The maximum atomic E-state index is 12.7. The topological polar surface area (TPSA) is 46.6 Å². The first-order valence-electron chi connectivity index (χ1n) is 8.62. The highest BCUT2D eigenvalue weighted by Crippen LogP contribution is 2.43. The van der Waals surface area contributed by atoms with Gasteiger partial charge in [0.05, 0.1) is 18.0 Å². The summed E-state index contributed by atoms with van der Waals surface area (Å²) >= 11 is 0. The van der Waals surface area contributed by atoms with Crippen molar-refractivity contribution in [2.24, 2.45) is 0 Å². The molecule has 1 heterocycles. The van der Waals surface area contributed by atoms with Gasteiger partial charge in [-0.2, -0.15) is 13.2 Å². The Morgan fingerprint density at radius 3 is 2.44 bits per heavy atom. The van der Waals surface area contributed by atoms with E-state index in [1.807, 2.05) is 17.0 Å². The van der Waals surface area contributed by atoms with Gasteiger partial charge in [0.25, 0.3) is 9.84 Å². The van der Waals surface area contributed by atoms with E-state index in [0.717, 1.165) is 30.5 Å². The van der Waals surface area contributed by atoms with Gasteiger partial charge in [0.1, 0.15) is 5.60 Å². The van der Waals surface area contributed by atoms with Gasteiger partial charge < -0.3 is 9.64 Å². The molecular formula is C19H18F3NO3S. The van der Waals surface area contributed by atoms with Crippen LogP contribution in [0.5, 0.6) is 0 Å². The van der Waals surface area contributed by atoms with E-state index in [-0.39, 0.29) is 0 Å². The Morgan fingerprint density at radius 2 is 1.74 bits per heavy atom. The number of rotatable bonds is 2. The average molecular weight is 397 g/mol. The molecule has 2 aromatic rings. The van der Waals surface area contributed by atoms with Gasteiger partial charge in [-0.25, -0.2) is 8.42 Å². The number of ether oxygens (including phenoxy) is 1. The van der Waals surface area contributed by atoms with Crippen LogP contribution in [0, 0.1) is 0 Å². The molecule has 0 radical (unpaired) electrons. The number of morpholine rings is 1. The lowest BCUT2D eigenvalue weighted by Gasteiger charge is -2.42. The number of nitrogens with zero attached hydrogens (tertiary/aromatic N) is 1. The van der Waals surface area contributed by atoms with Gasteiger partial charge in [-0.1, -0.05) is 24.3 Å². The summed E-state index contributed by atoms with van der Waals surface area (Å²) in [5.74, 6) is 0. The molecule has 1 atom stereocenters. The molecule has 1 aliphatic carbocycles. The molecule has 1 fully saturated rings. The summed E-state index contributed by atoms with van der Waals surface area (Å²) in [4.78, 5) is 1.29. The standard InChI is InChI=1S/C19H18F3NO3S/c20-19(21,22)27(24,25)16-7-5-15(6-8-16)23-11-12-26-18(13-23)10-9-14-3-1-2-4-17(14)18/h1-8H,9-13H2. The van der Waals surface area contributed by atoms with Gasteiger partial charge in [-0.3, -0.25) is 0 Å². The number of anilines is 1. The van der Waals surface area contributed by atoms with Crippen LogP contribution in [0.25, 0.3) is 0 Å². The van der Waals surface area contributed by atoms with E-state index in [4.69, 9.17) is 4.74 Å². The minimum Gasteiger partial charge on any atom is -0.367 e. The highest BCUT2D eigenvalue weighted by atomic mass is 32.2. The summed E-state index contributed by atoms with van der Waals surface area (Å²) in [7, 11) is -5.33. The number of aryl methyl sites for hydroxylation is 1. The zero-order valence-electron chi connectivity index (χ0n) is 14.4. The van der Waals surface area contributed by atoms with Crippen molar-refractivity contribution in [2.45, 2.75) is 28.8 Å². The van der Waals surface area contributed by atoms with Crippen molar-refractivity contribution >= 4 is 15.5 Å². The monoisotopic (exact) mass is 397 g/mol. The van der Waals surface area contributed by atoms with E-state index in [9.17, 15) is 21.6 Å². The third kappa shape index (κ3) is 3.00. The van der Waals surface area contributed by atoms with Gasteiger partial charge in [-0.05, 0) is 48.2 Å². The van der Waals surface area contributed by atoms with Crippen LogP contribution in [0.2, 0.25) is 0 Å². The Kier molecular flexibility index (Phi) is 4.23.